The molecule has 8 nitrogen and oxygen atoms in total. The first-order chi connectivity index (χ1) is 11.7. The van der Waals surface area contributed by atoms with E-state index in [0.29, 0.717) is 22.7 Å². The number of non-ortho nitro benzene ring substituents is 1. The number of carbonyl (C=O) groups excluding carboxylic acids is 1. The molecular formula is C17H18N4O4. The molecule has 8 heteroatoms. The fraction of sp³-hybridized carbons (Fsp3) is 0.235. The number of benzene rings is 2. The van der Waals surface area contributed by atoms with E-state index in [4.69, 9.17) is 10.5 Å². The van der Waals surface area contributed by atoms with Crippen LogP contribution < -0.4 is 10.5 Å². The van der Waals surface area contributed by atoms with Crippen molar-refractivity contribution in [1.29, 1.82) is 0 Å². The van der Waals surface area contributed by atoms with Gasteiger partial charge in [0.15, 0.2) is 0 Å². The van der Waals surface area contributed by atoms with E-state index in [1.54, 1.807) is 24.3 Å². The first kappa shape index (κ1) is 18.1. The van der Waals surface area contributed by atoms with Crippen LogP contribution in [-0.2, 0) is 5.41 Å². The fourth-order valence-corrected chi connectivity index (χ4v) is 2.33. The van der Waals surface area contributed by atoms with Crippen molar-refractivity contribution in [3.63, 3.8) is 0 Å². The minimum Gasteiger partial charge on any atom is -0.410 e. The SMILES string of the molecule is CC(C)(C)c1c(N=Nc2cccc([N+](=O)[O-])c2)cccc1OC(N)=O. The lowest BCUT2D eigenvalue weighted by molar-refractivity contribution is -0.384. The molecule has 0 aliphatic rings. The minimum atomic E-state index is -0.918. The lowest BCUT2D eigenvalue weighted by atomic mass is 9.85. The molecule has 0 atom stereocenters. The molecule has 0 fully saturated rings. The number of rotatable bonds is 4. The van der Waals surface area contributed by atoms with Gasteiger partial charge < -0.3 is 10.5 Å². The third kappa shape index (κ3) is 4.60. The Hall–Kier alpha value is -3.29. The summed E-state index contributed by atoms with van der Waals surface area (Å²) in [5, 5.41) is 19.1. The smallest absolute Gasteiger partial charge is 0.409 e. The molecule has 1 amide bonds. The number of nitro groups is 1. The zero-order chi connectivity index (χ0) is 18.6. The summed E-state index contributed by atoms with van der Waals surface area (Å²) in [7, 11) is 0. The van der Waals surface area contributed by atoms with E-state index in [0.717, 1.165) is 0 Å². The van der Waals surface area contributed by atoms with E-state index < -0.39 is 16.4 Å². The van der Waals surface area contributed by atoms with Gasteiger partial charge in [0, 0.05) is 17.7 Å². The van der Waals surface area contributed by atoms with Crippen LogP contribution in [-0.4, -0.2) is 11.0 Å². The van der Waals surface area contributed by atoms with E-state index >= 15 is 0 Å². The quantitative estimate of drug-likeness (QED) is 0.489. The van der Waals surface area contributed by atoms with E-state index in [9.17, 15) is 14.9 Å². The van der Waals surface area contributed by atoms with E-state index in [1.165, 1.54) is 18.2 Å². The van der Waals surface area contributed by atoms with Gasteiger partial charge in [-0.1, -0.05) is 32.9 Å². The Kier molecular flexibility index (Phi) is 5.11. The van der Waals surface area contributed by atoms with Gasteiger partial charge in [0.1, 0.15) is 5.75 Å². The second kappa shape index (κ2) is 7.08. The van der Waals surface area contributed by atoms with Crippen molar-refractivity contribution in [3.05, 3.63) is 58.1 Å². The Morgan fingerprint density at radius 2 is 1.84 bits per heavy atom. The van der Waals surface area contributed by atoms with Gasteiger partial charge in [-0.25, -0.2) is 4.79 Å². The zero-order valence-electron chi connectivity index (χ0n) is 14.1. The molecule has 0 saturated heterocycles. The highest BCUT2D eigenvalue weighted by Crippen LogP contribution is 2.39. The molecule has 0 aromatic heterocycles. The van der Waals surface area contributed by atoms with Crippen LogP contribution in [0.2, 0.25) is 0 Å². The van der Waals surface area contributed by atoms with Gasteiger partial charge in [0.25, 0.3) is 5.69 Å². The van der Waals surface area contributed by atoms with E-state index in [-0.39, 0.29) is 5.69 Å². The summed E-state index contributed by atoms with van der Waals surface area (Å²) in [5.74, 6) is 0.301. The number of hydrogen-bond donors (Lipinski definition) is 1. The van der Waals surface area contributed by atoms with Crippen LogP contribution in [0.5, 0.6) is 5.75 Å². The summed E-state index contributed by atoms with van der Waals surface area (Å²) in [6.45, 7) is 5.80. The van der Waals surface area contributed by atoms with Crippen molar-refractivity contribution in [3.8, 4) is 5.75 Å². The Morgan fingerprint density at radius 1 is 1.16 bits per heavy atom. The topological polar surface area (TPSA) is 120 Å². The Bertz CT molecular complexity index is 841. The largest absolute Gasteiger partial charge is 0.410 e. The summed E-state index contributed by atoms with van der Waals surface area (Å²) in [4.78, 5) is 21.5. The maximum atomic E-state index is 11.1. The monoisotopic (exact) mass is 342 g/mol. The number of nitro benzene ring substituents is 1. The first-order valence-corrected chi connectivity index (χ1v) is 7.45. The molecule has 0 aliphatic carbocycles. The van der Waals surface area contributed by atoms with Gasteiger partial charge in [0.2, 0.25) is 0 Å². The van der Waals surface area contributed by atoms with Crippen molar-refractivity contribution in [1.82, 2.24) is 0 Å². The number of ether oxygens (including phenoxy) is 1. The highest BCUT2D eigenvalue weighted by molar-refractivity contribution is 5.70. The summed E-state index contributed by atoms with van der Waals surface area (Å²) < 4.78 is 5.06. The normalized spacial score (nSPS) is 11.5. The van der Waals surface area contributed by atoms with Crippen molar-refractivity contribution < 1.29 is 14.5 Å². The zero-order valence-corrected chi connectivity index (χ0v) is 14.1. The van der Waals surface area contributed by atoms with Crippen LogP contribution in [0.4, 0.5) is 21.9 Å². The van der Waals surface area contributed by atoms with Gasteiger partial charge >= 0.3 is 6.09 Å². The highest BCUT2D eigenvalue weighted by Gasteiger charge is 2.24. The molecule has 0 aliphatic heterocycles. The van der Waals surface area contributed by atoms with Crippen molar-refractivity contribution >= 4 is 23.2 Å². The number of azo groups is 1. The lowest BCUT2D eigenvalue weighted by Gasteiger charge is -2.23. The first-order valence-electron chi connectivity index (χ1n) is 7.45. The molecule has 0 unspecified atom stereocenters. The molecule has 0 saturated carbocycles. The predicted molar refractivity (Wildman–Crippen MR) is 92.6 cm³/mol. The van der Waals surface area contributed by atoms with Gasteiger partial charge in [-0.2, -0.15) is 10.2 Å². The number of primary amides is 1. The Morgan fingerprint density at radius 3 is 2.44 bits per heavy atom. The second-order valence-corrected chi connectivity index (χ2v) is 6.30. The van der Waals surface area contributed by atoms with Crippen molar-refractivity contribution in [2.75, 3.05) is 0 Å². The lowest BCUT2D eigenvalue weighted by Crippen LogP contribution is -2.20. The molecule has 25 heavy (non-hydrogen) atoms. The third-order valence-electron chi connectivity index (χ3n) is 3.28. The standard InChI is InChI=1S/C17H18N4O4/c1-17(2,3)15-13(8-5-9-14(15)25-16(18)22)20-19-11-6-4-7-12(10-11)21(23)24/h4-10H,1-3H3,(H2,18,22). The summed E-state index contributed by atoms with van der Waals surface area (Å²) in [5.41, 5.74) is 6.13. The van der Waals surface area contributed by atoms with Crippen LogP contribution in [0.1, 0.15) is 26.3 Å². The van der Waals surface area contributed by atoms with Crippen molar-refractivity contribution in [2.24, 2.45) is 16.0 Å². The number of amides is 1. The summed E-state index contributed by atoms with van der Waals surface area (Å²) >= 11 is 0. The molecule has 0 radical (unpaired) electrons. The predicted octanol–water partition coefficient (Wildman–Crippen LogP) is 4.77. The van der Waals surface area contributed by atoms with E-state index in [2.05, 4.69) is 10.2 Å². The Balaban J connectivity index is 2.47. The van der Waals surface area contributed by atoms with Gasteiger partial charge in [-0.05, 0) is 23.6 Å². The minimum absolute atomic E-state index is 0.0710. The van der Waals surface area contributed by atoms with E-state index in [1.807, 2.05) is 20.8 Å². The molecule has 0 spiro atoms. The van der Waals surface area contributed by atoms with Crippen LogP contribution in [0.25, 0.3) is 0 Å². The highest BCUT2D eigenvalue weighted by atomic mass is 16.6. The molecule has 2 aromatic rings. The average molecular weight is 342 g/mol. The van der Waals surface area contributed by atoms with Crippen LogP contribution in [0.15, 0.2) is 52.7 Å². The summed E-state index contributed by atoms with van der Waals surface area (Å²) in [6.07, 6.45) is -0.918. The van der Waals surface area contributed by atoms with Gasteiger partial charge in [-0.15, -0.1) is 0 Å². The number of nitrogens with two attached hydrogens (primary N) is 1. The molecular weight excluding hydrogens is 324 g/mol. The number of carbonyl (C=O) groups is 1. The fourth-order valence-electron chi connectivity index (χ4n) is 2.33. The van der Waals surface area contributed by atoms with Gasteiger partial charge in [-0.3, -0.25) is 10.1 Å². The molecule has 0 heterocycles. The Labute approximate surface area is 144 Å². The maximum absolute atomic E-state index is 11.1. The molecule has 2 aromatic carbocycles. The van der Waals surface area contributed by atoms with Crippen molar-refractivity contribution in [2.45, 2.75) is 26.2 Å². The van der Waals surface area contributed by atoms with Crippen LogP contribution >= 0.6 is 0 Å². The maximum Gasteiger partial charge on any atom is 0.409 e. The molecule has 0 bridgehead atoms. The van der Waals surface area contributed by atoms with Crippen LogP contribution in [0.3, 0.4) is 0 Å². The number of nitrogens with zero attached hydrogens (tertiary/aromatic N) is 3. The average Bonchev–Trinajstić information content (AvgIpc) is 2.51. The summed E-state index contributed by atoms with van der Waals surface area (Å²) in [6, 6.07) is 10.8. The third-order valence-corrected chi connectivity index (χ3v) is 3.28. The molecule has 130 valence electrons. The second-order valence-electron chi connectivity index (χ2n) is 6.30. The molecule has 2 rings (SSSR count). The molecule has 2 N–H and O–H groups in total. The van der Waals surface area contributed by atoms with Crippen LogP contribution in [0, 0.1) is 10.1 Å². The van der Waals surface area contributed by atoms with Gasteiger partial charge in [0.05, 0.1) is 16.3 Å². The number of hydrogen-bond acceptors (Lipinski definition) is 6.